The number of hydrogen-bond donors (Lipinski definition) is 1. The zero-order valence-corrected chi connectivity index (χ0v) is 48.8. The van der Waals surface area contributed by atoms with Crippen LogP contribution in [0.15, 0.2) is 237 Å². The van der Waals surface area contributed by atoms with Gasteiger partial charge in [0.05, 0.1) is 46.3 Å². The fourth-order valence-electron chi connectivity index (χ4n) is 12.9. The first kappa shape index (κ1) is 56.0. The Balaban J connectivity index is 1.16. The minimum atomic E-state index is -3.24. The monoisotopic (exact) mass is 1120 g/mol. The van der Waals surface area contributed by atoms with E-state index < -0.39 is 42.8 Å². The summed E-state index contributed by atoms with van der Waals surface area (Å²) in [4.78, 5) is 14.2. The van der Waals surface area contributed by atoms with Crippen LogP contribution < -0.4 is 30.3 Å². The molecule has 1 saturated carbocycles. The van der Waals surface area contributed by atoms with Crippen LogP contribution in [0.2, 0.25) is 5.04 Å². The standard InChI is InChI=1S/C71H69N5O6Si/c1-8-69(48-81-71(53-28-18-11-19-29-53,55-36-42-58(78-6)43-37-55)56-38-44-59(79-7)45-39-56)62(46-80-70(51-24-14-9-15-25-51,52-26-16-10-17-27-52)54-34-40-57(77-5)41-35-54)65(76-50-75-64-66(72)73-49-74-67(64)76)63(69)47-82-83(68(2,3)4,60-30-20-12-21-31-60)61-32-22-13-23-33-61/h1,9-45,49-50,62-63,65H,46-48H2,2-7H3,(H2,72,73,74)/t62-,63+,65-,69+/m0/s1. The molecule has 0 unspecified atom stereocenters. The molecule has 4 atom stereocenters. The number of methoxy groups -OCH3 is 3. The molecule has 0 bridgehead atoms. The highest BCUT2D eigenvalue weighted by atomic mass is 28.4. The zero-order valence-electron chi connectivity index (χ0n) is 47.8. The fraction of sp³-hybridized carbons (Fsp3) is 0.225. The normalized spacial score (nSPS) is 17.3. The Morgan fingerprint density at radius 1 is 0.506 bits per heavy atom. The third-order valence-electron chi connectivity index (χ3n) is 17.1. The number of rotatable bonds is 21. The summed E-state index contributed by atoms with van der Waals surface area (Å²) in [6, 6.07) is 76.2. The lowest BCUT2D eigenvalue weighted by molar-refractivity contribution is -0.181. The molecule has 12 heteroatoms. The van der Waals surface area contributed by atoms with Crippen LogP contribution in [-0.4, -0.2) is 69.0 Å². The van der Waals surface area contributed by atoms with Crippen molar-refractivity contribution in [2.45, 2.75) is 43.1 Å². The van der Waals surface area contributed by atoms with E-state index in [4.69, 9.17) is 50.2 Å². The smallest absolute Gasteiger partial charge is 0.261 e. The van der Waals surface area contributed by atoms with Gasteiger partial charge in [-0.3, -0.25) is 0 Å². The molecule has 2 aromatic heterocycles. The molecule has 2 heterocycles. The SMILES string of the molecule is C#C[C@]1(COC(c2ccccc2)(c2ccc(OC)cc2)c2ccc(OC)cc2)[C@H](CO[Si](c2ccccc2)(c2ccccc2)C(C)(C)C)[C@@H](n2cnc3c(N)ncnc32)[C@@H]1COC(c1ccccc1)(c1ccccc1)c1ccc(OC)cc1. The first-order valence-corrected chi connectivity index (χ1v) is 29.9. The molecule has 0 radical (unpaired) electrons. The second kappa shape index (κ2) is 23.6. The lowest BCUT2D eigenvalue weighted by atomic mass is 9.50. The van der Waals surface area contributed by atoms with Crippen LogP contribution in [0.4, 0.5) is 5.82 Å². The van der Waals surface area contributed by atoms with Gasteiger partial charge in [0.25, 0.3) is 8.32 Å². The van der Waals surface area contributed by atoms with Crippen molar-refractivity contribution < 1.29 is 28.1 Å². The third-order valence-corrected chi connectivity index (χ3v) is 22.1. The van der Waals surface area contributed by atoms with Crippen LogP contribution in [0.3, 0.4) is 0 Å². The van der Waals surface area contributed by atoms with E-state index in [-0.39, 0.29) is 30.7 Å². The van der Waals surface area contributed by atoms with Crippen molar-refractivity contribution in [1.29, 1.82) is 0 Å². The fourth-order valence-corrected chi connectivity index (χ4v) is 17.5. The molecule has 8 aromatic carbocycles. The van der Waals surface area contributed by atoms with Crippen molar-refractivity contribution in [3.8, 4) is 29.6 Å². The van der Waals surface area contributed by atoms with Gasteiger partial charge in [-0.1, -0.05) is 215 Å². The number of ether oxygens (including phenoxy) is 5. The quantitative estimate of drug-likeness (QED) is 0.0422. The molecule has 418 valence electrons. The van der Waals surface area contributed by atoms with E-state index in [0.717, 1.165) is 49.5 Å². The van der Waals surface area contributed by atoms with E-state index in [2.05, 4.69) is 170 Å². The third kappa shape index (κ3) is 9.93. The number of hydrogen-bond acceptors (Lipinski definition) is 10. The van der Waals surface area contributed by atoms with Gasteiger partial charge in [-0.25, -0.2) is 15.0 Å². The zero-order chi connectivity index (χ0) is 57.7. The molecule has 1 aliphatic rings. The first-order valence-electron chi connectivity index (χ1n) is 28.0. The summed E-state index contributed by atoms with van der Waals surface area (Å²) in [6.07, 6.45) is 10.7. The summed E-state index contributed by atoms with van der Waals surface area (Å²) in [6.45, 7) is 7.24. The van der Waals surface area contributed by atoms with Gasteiger partial charge in [0.15, 0.2) is 11.5 Å². The molecule has 83 heavy (non-hydrogen) atoms. The summed E-state index contributed by atoms with van der Waals surface area (Å²) >= 11 is 0. The number of aromatic nitrogens is 4. The van der Waals surface area contributed by atoms with Gasteiger partial charge < -0.3 is 38.4 Å². The highest BCUT2D eigenvalue weighted by Gasteiger charge is 2.65. The summed E-state index contributed by atoms with van der Waals surface area (Å²) in [5.74, 6) is 4.96. The van der Waals surface area contributed by atoms with Crippen LogP contribution in [0, 0.1) is 29.6 Å². The minimum absolute atomic E-state index is 0.0334. The van der Waals surface area contributed by atoms with Crippen LogP contribution in [0.5, 0.6) is 17.2 Å². The number of anilines is 1. The first-order chi connectivity index (χ1) is 40.5. The number of fused-ring (bicyclic) bond motifs is 1. The highest BCUT2D eigenvalue weighted by molar-refractivity contribution is 6.99. The Bertz CT molecular complexity index is 3660. The number of imidazole rings is 1. The Kier molecular flexibility index (Phi) is 15.9. The molecular formula is C71H69N5O6Si. The number of nitrogens with two attached hydrogens (primary N) is 1. The Hall–Kier alpha value is -8.83. The Labute approximate surface area is 488 Å². The molecule has 1 aliphatic carbocycles. The molecule has 11 rings (SSSR count). The van der Waals surface area contributed by atoms with Crippen LogP contribution in [0.25, 0.3) is 11.2 Å². The molecular weight excluding hydrogens is 1050 g/mol. The van der Waals surface area contributed by atoms with Crippen molar-refractivity contribution in [3.05, 3.63) is 270 Å². The largest absolute Gasteiger partial charge is 0.497 e. The van der Waals surface area contributed by atoms with E-state index in [9.17, 15) is 0 Å². The van der Waals surface area contributed by atoms with Crippen molar-refractivity contribution in [3.63, 3.8) is 0 Å². The lowest BCUT2D eigenvalue weighted by Gasteiger charge is -2.60. The van der Waals surface area contributed by atoms with E-state index in [1.807, 2.05) is 97.3 Å². The van der Waals surface area contributed by atoms with Gasteiger partial charge in [0.1, 0.15) is 40.3 Å². The molecule has 0 saturated heterocycles. The molecule has 2 N–H and O–H groups in total. The average molecular weight is 1120 g/mol. The van der Waals surface area contributed by atoms with Gasteiger partial charge >= 0.3 is 0 Å². The average Bonchev–Trinajstić information content (AvgIpc) is 4.12. The molecule has 1 fully saturated rings. The second-order valence-electron chi connectivity index (χ2n) is 22.2. The minimum Gasteiger partial charge on any atom is -0.497 e. The van der Waals surface area contributed by atoms with Gasteiger partial charge in [-0.15, -0.1) is 6.42 Å². The maximum Gasteiger partial charge on any atom is 0.261 e. The van der Waals surface area contributed by atoms with Gasteiger partial charge in [-0.05, 0) is 85.2 Å². The number of benzene rings is 8. The number of terminal acetylenes is 1. The number of nitrogens with zero attached hydrogens (tertiary/aromatic N) is 4. The highest BCUT2D eigenvalue weighted by Crippen LogP contribution is 2.62. The molecule has 0 spiro atoms. The van der Waals surface area contributed by atoms with Crippen molar-refractivity contribution in [1.82, 2.24) is 19.5 Å². The molecule has 0 amide bonds. The summed E-state index contributed by atoms with van der Waals surface area (Å²) in [5.41, 5.74) is 9.52. The summed E-state index contributed by atoms with van der Waals surface area (Å²) < 4.78 is 43.5. The maximum atomic E-state index is 8.07. The second-order valence-corrected chi connectivity index (χ2v) is 26.5. The van der Waals surface area contributed by atoms with Gasteiger partial charge in [0.2, 0.25) is 0 Å². The molecule has 10 aromatic rings. The van der Waals surface area contributed by atoms with E-state index in [1.54, 1.807) is 21.3 Å². The van der Waals surface area contributed by atoms with Crippen LogP contribution in [0.1, 0.15) is 60.2 Å². The predicted octanol–water partition coefficient (Wildman–Crippen LogP) is 12.4. The topological polar surface area (TPSA) is 125 Å². The Morgan fingerprint density at radius 3 is 1.29 bits per heavy atom. The summed E-state index contributed by atoms with van der Waals surface area (Å²) in [7, 11) is 1.78. The maximum absolute atomic E-state index is 8.07. The summed E-state index contributed by atoms with van der Waals surface area (Å²) in [5, 5.41) is 1.91. The number of nitrogen functional groups attached to an aromatic ring is 1. The van der Waals surface area contributed by atoms with Gasteiger partial charge in [-0.2, -0.15) is 0 Å². The molecule has 0 aliphatic heterocycles. The van der Waals surface area contributed by atoms with Crippen LogP contribution in [-0.2, 0) is 25.1 Å². The lowest BCUT2D eigenvalue weighted by Crippen LogP contribution is -2.69. The predicted molar refractivity (Wildman–Crippen MR) is 331 cm³/mol. The Morgan fingerprint density at radius 2 is 0.892 bits per heavy atom. The van der Waals surface area contributed by atoms with Crippen molar-refractivity contribution in [2.24, 2.45) is 17.3 Å². The van der Waals surface area contributed by atoms with E-state index in [1.165, 1.54) is 6.33 Å². The van der Waals surface area contributed by atoms with Gasteiger partial charge in [0, 0.05) is 24.5 Å². The van der Waals surface area contributed by atoms with E-state index in [0.29, 0.717) is 22.7 Å². The van der Waals surface area contributed by atoms with Crippen LogP contribution >= 0.6 is 0 Å². The van der Waals surface area contributed by atoms with Crippen molar-refractivity contribution in [2.75, 3.05) is 46.9 Å². The van der Waals surface area contributed by atoms with Crippen molar-refractivity contribution >= 4 is 35.7 Å². The molecule has 11 nitrogen and oxygen atoms in total. The van der Waals surface area contributed by atoms with E-state index >= 15 is 0 Å².